The van der Waals surface area contributed by atoms with Gasteiger partial charge in [0.05, 0.1) is 18.6 Å². The van der Waals surface area contributed by atoms with Crippen molar-refractivity contribution in [1.82, 2.24) is 10.2 Å². The number of hydrogen-bond donors (Lipinski definition) is 2. The van der Waals surface area contributed by atoms with Gasteiger partial charge in [0.2, 0.25) is 11.0 Å². The number of ether oxygens (including phenoxy) is 1. The van der Waals surface area contributed by atoms with E-state index in [0.717, 1.165) is 5.56 Å². The van der Waals surface area contributed by atoms with Gasteiger partial charge in [-0.15, -0.1) is 10.2 Å². The molecule has 1 aromatic heterocycles. The summed E-state index contributed by atoms with van der Waals surface area (Å²) in [4.78, 5) is 24.6. The number of rotatable bonds is 7. The fourth-order valence-corrected chi connectivity index (χ4v) is 4.12. The molecule has 10 heteroatoms. The lowest BCUT2D eigenvalue weighted by Crippen LogP contribution is -2.14. The fraction of sp³-hybridized carbons (Fsp3) is 0.158. The zero-order chi connectivity index (χ0) is 20.8. The normalized spacial score (nSPS) is 10.4. The predicted octanol–water partition coefficient (Wildman–Crippen LogP) is 4.49. The second kappa shape index (κ2) is 9.73. The number of aromatic nitrogens is 2. The minimum atomic E-state index is -0.249. The van der Waals surface area contributed by atoms with Gasteiger partial charge in [-0.05, 0) is 36.8 Å². The highest BCUT2D eigenvalue weighted by Gasteiger charge is 2.14. The van der Waals surface area contributed by atoms with Crippen LogP contribution in [0.1, 0.15) is 15.9 Å². The molecular formula is C19H17ClN4O3S2. The maximum absolute atomic E-state index is 12.3. The van der Waals surface area contributed by atoms with Crippen LogP contribution in [0.3, 0.4) is 0 Å². The lowest BCUT2D eigenvalue weighted by atomic mass is 10.1. The van der Waals surface area contributed by atoms with Gasteiger partial charge in [0.1, 0.15) is 5.75 Å². The number of hydrogen-bond acceptors (Lipinski definition) is 7. The number of thioether (sulfide) groups is 1. The number of carbonyl (C=O) groups excluding carboxylic acids is 2. The monoisotopic (exact) mass is 448 g/mol. The van der Waals surface area contributed by atoms with Crippen molar-refractivity contribution in [3.63, 3.8) is 0 Å². The van der Waals surface area contributed by atoms with E-state index in [1.807, 2.05) is 19.1 Å². The molecule has 3 rings (SSSR count). The van der Waals surface area contributed by atoms with E-state index >= 15 is 0 Å². The molecular weight excluding hydrogens is 432 g/mol. The molecule has 7 nitrogen and oxygen atoms in total. The van der Waals surface area contributed by atoms with Crippen LogP contribution >= 0.6 is 34.7 Å². The third-order valence-electron chi connectivity index (χ3n) is 3.78. The standard InChI is InChI=1S/C19H17ClN4O3S2/c1-11-5-3-4-6-13(11)17(26)22-18-23-24-19(29-18)28-10-16(25)21-14-9-12(20)7-8-15(14)27-2/h3-9H,10H2,1-2H3,(H,21,25)(H,22,23,26). The van der Waals surface area contributed by atoms with Crippen LogP contribution in [-0.2, 0) is 4.79 Å². The summed E-state index contributed by atoms with van der Waals surface area (Å²) < 4.78 is 5.78. The van der Waals surface area contributed by atoms with Crippen LogP contribution in [0, 0.1) is 6.92 Å². The number of methoxy groups -OCH3 is 1. The topological polar surface area (TPSA) is 93.2 Å². The van der Waals surface area contributed by atoms with Crippen molar-refractivity contribution >= 4 is 57.3 Å². The van der Waals surface area contributed by atoms with Gasteiger partial charge in [-0.2, -0.15) is 0 Å². The Bertz CT molecular complexity index is 1040. The summed E-state index contributed by atoms with van der Waals surface area (Å²) in [5.41, 5.74) is 1.94. The predicted molar refractivity (Wildman–Crippen MR) is 116 cm³/mol. The molecule has 0 atom stereocenters. The van der Waals surface area contributed by atoms with Gasteiger partial charge in [0.25, 0.3) is 5.91 Å². The average molecular weight is 449 g/mol. The van der Waals surface area contributed by atoms with E-state index in [2.05, 4.69) is 20.8 Å². The highest BCUT2D eigenvalue weighted by Crippen LogP contribution is 2.29. The first-order chi connectivity index (χ1) is 14.0. The molecule has 0 saturated carbocycles. The highest BCUT2D eigenvalue weighted by atomic mass is 35.5. The molecule has 0 radical (unpaired) electrons. The highest BCUT2D eigenvalue weighted by molar-refractivity contribution is 8.01. The van der Waals surface area contributed by atoms with Crippen molar-refractivity contribution in [1.29, 1.82) is 0 Å². The number of carbonyl (C=O) groups is 2. The summed E-state index contributed by atoms with van der Waals surface area (Å²) in [6.07, 6.45) is 0. The maximum Gasteiger partial charge on any atom is 0.257 e. The number of nitrogens with one attached hydrogen (secondary N) is 2. The summed E-state index contributed by atoms with van der Waals surface area (Å²) in [6, 6.07) is 12.3. The molecule has 150 valence electrons. The third-order valence-corrected chi connectivity index (χ3v) is 5.99. The van der Waals surface area contributed by atoms with Crippen LogP contribution in [0.15, 0.2) is 46.8 Å². The van der Waals surface area contributed by atoms with E-state index in [-0.39, 0.29) is 17.6 Å². The molecule has 29 heavy (non-hydrogen) atoms. The molecule has 3 aromatic rings. The van der Waals surface area contributed by atoms with Crippen molar-refractivity contribution in [2.24, 2.45) is 0 Å². The Labute approximate surface area is 180 Å². The Morgan fingerprint density at radius 2 is 1.97 bits per heavy atom. The van der Waals surface area contributed by atoms with Gasteiger partial charge in [0.15, 0.2) is 4.34 Å². The number of halogens is 1. The number of nitrogens with zero attached hydrogens (tertiary/aromatic N) is 2. The number of anilines is 2. The molecule has 0 spiro atoms. The fourth-order valence-electron chi connectivity index (χ4n) is 2.40. The van der Waals surface area contributed by atoms with Gasteiger partial charge in [-0.25, -0.2) is 0 Å². The summed E-state index contributed by atoms with van der Waals surface area (Å²) in [7, 11) is 1.52. The molecule has 0 bridgehead atoms. The van der Waals surface area contributed by atoms with Crippen LogP contribution < -0.4 is 15.4 Å². The smallest absolute Gasteiger partial charge is 0.257 e. The van der Waals surface area contributed by atoms with Crippen LogP contribution in [0.5, 0.6) is 5.75 Å². The minimum Gasteiger partial charge on any atom is -0.495 e. The molecule has 0 aliphatic heterocycles. The summed E-state index contributed by atoms with van der Waals surface area (Å²) >= 11 is 8.39. The second-order valence-electron chi connectivity index (χ2n) is 5.82. The zero-order valence-corrected chi connectivity index (χ0v) is 18.0. The Kier molecular flexibility index (Phi) is 7.08. The third kappa shape index (κ3) is 5.69. The Balaban J connectivity index is 1.55. The van der Waals surface area contributed by atoms with Crippen molar-refractivity contribution in [3.8, 4) is 5.75 Å². The van der Waals surface area contributed by atoms with Crippen molar-refractivity contribution < 1.29 is 14.3 Å². The largest absolute Gasteiger partial charge is 0.495 e. The van der Waals surface area contributed by atoms with Crippen LogP contribution in [0.25, 0.3) is 0 Å². The minimum absolute atomic E-state index is 0.121. The Morgan fingerprint density at radius 3 is 2.72 bits per heavy atom. The van der Waals surface area contributed by atoms with Gasteiger partial charge < -0.3 is 10.1 Å². The van der Waals surface area contributed by atoms with Crippen molar-refractivity contribution in [2.45, 2.75) is 11.3 Å². The number of benzene rings is 2. The molecule has 0 aliphatic rings. The number of aryl methyl sites for hydroxylation is 1. The van der Waals surface area contributed by atoms with E-state index in [1.54, 1.807) is 30.3 Å². The number of amides is 2. The summed E-state index contributed by atoms with van der Waals surface area (Å²) in [5.74, 6) is 0.151. The van der Waals surface area contributed by atoms with Gasteiger partial charge >= 0.3 is 0 Å². The lowest BCUT2D eigenvalue weighted by Gasteiger charge is -2.09. The van der Waals surface area contributed by atoms with Crippen LogP contribution in [-0.4, -0.2) is 34.9 Å². The van der Waals surface area contributed by atoms with Crippen LogP contribution in [0.2, 0.25) is 5.02 Å². The van der Waals surface area contributed by atoms with Crippen molar-refractivity contribution in [2.75, 3.05) is 23.5 Å². The van der Waals surface area contributed by atoms with E-state index in [0.29, 0.717) is 31.5 Å². The molecule has 0 fully saturated rings. The molecule has 2 N–H and O–H groups in total. The zero-order valence-electron chi connectivity index (χ0n) is 15.6. The summed E-state index contributed by atoms with van der Waals surface area (Å²) in [5, 5.41) is 14.3. The Hall–Kier alpha value is -2.62. The second-order valence-corrected chi connectivity index (χ2v) is 8.46. The first kappa shape index (κ1) is 21.1. The molecule has 2 aromatic carbocycles. The van der Waals surface area contributed by atoms with Gasteiger partial charge in [-0.1, -0.05) is 52.9 Å². The molecule has 0 saturated heterocycles. The quantitative estimate of drug-likeness (QED) is 0.408. The molecule has 1 heterocycles. The van der Waals surface area contributed by atoms with E-state index in [4.69, 9.17) is 16.3 Å². The van der Waals surface area contributed by atoms with Gasteiger partial charge in [0, 0.05) is 10.6 Å². The molecule has 0 aliphatic carbocycles. The van der Waals surface area contributed by atoms with E-state index in [1.165, 1.54) is 30.2 Å². The average Bonchev–Trinajstić information content (AvgIpc) is 3.14. The van der Waals surface area contributed by atoms with Gasteiger partial charge in [-0.3, -0.25) is 14.9 Å². The van der Waals surface area contributed by atoms with Crippen LogP contribution in [0.4, 0.5) is 10.8 Å². The van der Waals surface area contributed by atoms with E-state index < -0.39 is 0 Å². The molecule has 0 unspecified atom stereocenters. The van der Waals surface area contributed by atoms with E-state index in [9.17, 15) is 9.59 Å². The summed E-state index contributed by atoms with van der Waals surface area (Å²) in [6.45, 7) is 1.86. The lowest BCUT2D eigenvalue weighted by molar-refractivity contribution is -0.113. The first-order valence-corrected chi connectivity index (χ1v) is 10.6. The maximum atomic E-state index is 12.3. The Morgan fingerprint density at radius 1 is 1.17 bits per heavy atom. The molecule has 2 amide bonds. The SMILES string of the molecule is COc1ccc(Cl)cc1NC(=O)CSc1nnc(NC(=O)c2ccccc2C)s1. The van der Waals surface area contributed by atoms with Crippen molar-refractivity contribution in [3.05, 3.63) is 58.6 Å². The first-order valence-electron chi connectivity index (χ1n) is 8.43.